The molecule has 0 bridgehead atoms. The minimum absolute atomic E-state index is 0. The van der Waals surface area contributed by atoms with Gasteiger partial charge in [0.2, 0.25) is 0 Å². The van der Waals surface area contributed by atoms with E-state index in [1.807, 2.05) is 6.07 Å². The minimum atomic E-state index is -0.204. The molecule has 0 aliphatic carbocycles. The maximum absolute atomic E-state index is 13.1. The molecule has 0 saturated carbocycles. The molecule has 136 valence electrons. The van der Waals surface area contributed by atoms with Crippen molar-refractivity contribution in [2.45, 2.75) is 38.6 Å². The van der Waals surface area contributed by atoms with E-state index in [9.17, 15) is 4.39 Å². The predicted octanol–water partition coefficient (Wildman–Crippen LogP) is 3.37. The van der Waals surface area contributed by atoms with Crippen LogP contribution in [0.4, 0.5) is 4.39 Å². The third kappa shape index (κ3) is 8.28. The lowest BCUT2D eigenvalue weighted by atomic mass is 10.2. The highest BCUT2D eigenvalue weighted by Gasteiger charge is 2.08. The summed E-state index contributed by atoms with van der Waals surface area (Å²) in [4.78, 5) is 6.78. The van der Waals surface area contributed by atoms with Crippen molar-refractivity contribution in [1.82, 2.24) is 15.5 Å². The summed E-state index contributed by atoms with van der Waals surface area (Å²) in [6.07, 6.45) is 6.55. The first-order valence-electron chi connectivity index (χ1n) is 8.69. The van der Waals surface area contributed by atoms with E-state index >= 15 is 0 Å². The molecule has 1 saturated heterocycles. The van der Waals surface area contributed by atoms with Crippen LogP contribution in [0.15, 0.2) is 29.3 Å². The molecule has 0 spiro atoms. The molecule has 4 nitrogen and oxygen atoms in total. The van der Waals surface area contributed by atoms with Gasteiger partial charge in [-0.2, -0.15) is 0 Å². The van der Waals surface area contributed by atoms with Crippen molar-refractivity contribution < 1.29 is 4.39 Å². The highest BCUT2D eigenvalue weighted by atomic mass is 127. The molecule has 0 atom stereocenters. The van der Waals surface area contributed by atoms with Crippen LogP contribution in [0.2, 0.25) is 0 Å². The Kier molecular flexibility index (Phi) is 11.0. The molecule has 1 aliphatic heterocycles. The molecule has 24 heavy (non-hydrogen) atoms. The Hall–Kier alpha value is -0.890. The number of nitrogens with zero attached hydrogens (tertiary/aromatic N) is 2. The van der Waals surface area contributed by atoms with Crippen LogP contribution in [0.5, 0.6) is 0 Å². The van der Waals surface area contributed by atoms with Crippen LogP contribution in [-0.2, 0) is 6.54 Å². The Bertz CT molecular complexity index is 488. The quantitative estimate of drug-likeness (QED) is 0.304. The highest BCUT2D eigenvalue weighted by molar-refractivity contribution is 14.0. The van der Waals surface area contributed by atoms with E-state index in [0.717, 1.165) is 31.0 Å². The summed E-state index contributed by atoms with van der Waals surface area (Å²) >= 11 is 0. The van der Waals surface area contributed by atoms with Gasteiger partial charge in [0.15, 0.2) is 5.96 Å². The fraction of sp³-hybridized carbons (Fsp3) is 0.611. The SMILES string of the molecule is CN=C(NCCCN1CCCCCC1)NCc1cccc(F)c1.I. The van der Waals surface area contributed by atoms with E-state index < -0.39 is 0 Å². The summed E-state index contributed by atoms with van der Waals surface area (Å²) in [7, 11) is 1.76. The van der Waals surface area contributed by atoms with Gasteiger partial charge in [0, 0.05) is 20.1 Å². The third-order valence-corrected chi connectivity index (χ3v) is 4.21. The lowest BCUT2D eigenvalue weighted by molar-refractivity contribution is 0.282. The van der Waals surface area contributed by atoms with Crippen LogP contribution in [0.3, 0.4) is 0 Å². The van der Waals surface area contributed by atoms with Crippen LogP contribution < -0.4 is 10.6 Å². The van der Waals surface area contributed by atoms with E-state index in [1.54, 1.807) is 19.2 Å². The lowest BCUT2D eigenvalue weighted by Gasteiger charge is -2.20. The van der Waals surface area contributed by atoms with Crippen molar-refractivity contribution in [3.05, 3.63) is 35.6 Å². The number of hydrogen-bond donors (Lipinski definition) is 2. The number of aliphatic imine (C=N–C) groups is 1. The van der Waals surface area contributed by atoms with E-state index in [0.29, 0.717) is 6.54 Å². The molecule has 1 aromatic rings. The standard InChI is InChI=1S/C18H29FN4.HI/c1-20-18(22-15-16-8-6-9-17(19)14-16)21-10-7-13-23-11-4-2-3-5-12-23;/h6,8-9,14H,2-5,7,10-13,15H2,1H3,(H2,20,21,22);1H. The molecule has 1 fully saturated rings. The number of guanidine groups is 1. The predicted molar refractivity (Wildman–Crippen MR) is 110 cm³/mol. The van der Waals surface area contributed by atoms with Gasteiger partial charge >= 0.3 is 0 Å². The van der Waals surface area contributed by atoms with Crippen molar-refractivity contribution in [2.24, 2.45) is 4.99 Å². The Morgan fingerprint density at radius 3 is 2.58 bits per heavy atom. The number of rotatable bonds is 6. The molecule has 0 unspecified atom stereocenters. The van der Waals surface area contributed by atoms with Gasteiger partial charge in [0.1, 0.15) is 5.82 Å². The number of hydrogen-bond acceptors (Lipinski definition) is 2. The summed E-state index contributed by atoms with van der Waals surface area (Å²) in [6.45, 7) is 5.11. The normalized spacial score (nSPS) is 16.2. The first-order chi connectivity index (χ1) is 11.3. The summed E-state index contributed by atoms with van der Waals surface area (Å²) in [5.74, 6) is 0.565. The molecule has 2 N–H and O–H groups in total. The molecule has 0 aromatic heterocycles. The van der Waals surface area contributed by atoms with Gasteiger partial charge in [-0.05, 0) is 56.6 Å². The molecule has 6 heteroatoms. The summed E-state index contributed by atoms with van der Waals surface area (Å²) in [5.41, 5.74) is 0.914. The largest absolute Gasteiger partial charge is 0.356 e. The lowest BCUT2D eigenvalue weighted by Crippen LogP contribution is -2.38. The zero-order chi connectivity index (χ0) is 16.3. The van der Waals surface area contributed by atoms with E-state index in [4.69, 9.17) is 0 Å². The Balaban J connectivity index is 0.00000288. The van der Waals surface area contributed by atoms with Crippen molar-refractivity contribution in [2.75, 3.05) is 33.2 Å². The highest BCUT2D eigenvalue weighted by Crippen LogP contribution is 2.09. The zero-order valence-corrected chi connectivity index (χ0v) is 16.9. The fourth-order valence-electron chi connectivity index (χ4n) is 2.92. The van der Waals surface area contributed by atoms with Gasteiger partial charge in [0.05, 0.1) is 0 Å². The monoisotopic (exact) mass is 448 g/mol. The molecule has 1 aromatic carbocycles. The van der Waals surface area contributed by atoms with Crippen molar-refractivity contribution >= 4 is 29.9 Å². The second-order valence-electron chi connectivity index (χ2n) is 6.09. The zero-order valence-electron chi connectivity index (χ0n) is 14.6. The average Bonchev–Trinajstić information content (AvgIpc) is 2.83. The molecular weight excluding hydrogens is 418 g/mol. The third-order valence-electron chi connectivity index (χ3n) is 4.21. The van der Waals surface area contributed by atoms with E-state index in [1.165, 1.54) is 44.8 Å². The van der Waals surface area contributed by atoms with Gasteiger partial charge in [-0.15, -0.1) is 24.0 Å². The van der Waals surface area contributed by atoms with Crippen molar-refractivity contribution in [3.63, 3.8) is 0 Å². The minimum Gasteiger partial charge on any atom is -0.356 e. The Labute approximate surface area is 162 Å². The van der Waals surface area contributed by atoms with Crippen LogP contribution in [0.1, 0.15) is 37.7 Å². The maximum Gasteiger partial charge on any atom is 0.191 e. The first kappa shape index (κ1) is 21.2. The maximum atomic E-state index is 13.1. The number of likely N-dealkylation sites (tertiary alicyclic amines) is 1. The van der Waals surface area contributed by atoms with Gasteiger partial charge in [0.25, 0.3) is 0 Å². The Morgan fingerprint density at radius 1 is 1.17 bits per heavy atom. The number of benzene rings is 1. The van der Waals surface area contributed by atoms with Crippen LogP contribution in [0, 0.1) is 5.82 Å². The summed E-state index contributed by atoms with van der Waals surface area (Å²) in [6, 6.07) is 6.63. The summed E-state index contributed by atoms with van der Waals surface area (Å²) in [5, 5.41) is 6.55. The Morgan fingerprint density at radius 2 is 1.92 bits per heavy atom. The first-order valence-corrected chi connectivity index (χ1v) is 8.69. The molecule has 1 aliphatic rings. The van der Waals surface area contributed by atoms with Crippen molar-refractivity contribution in [3.8, 4) is 0 Å². The van der Waals surface area contributed by atoms with Crippen LogP contribution in [0.25, 0.3) is 0 Å². The molecule has 2 rings (SSSR count). The second-order valence-corrected chi connectivity index (χ2v) is 6.09. The average molecular weight is 448 g/mol. The van der Waals surface area contributed by atoms with E-state index in [-0.39, 0.29) is 29.8 Å². The topological polar surface area (TPSA) is 39.7 Å². The molecule has 1 heterocycles. The van der Waals surface area contributed by atoms with Crippen molar-refractivity contribution in [1.29, 1.82) is 0 Å². The second kappa shape index (κ2) is 12.5. The summed E-state index contributed by atoms with van der Waals surface area (Å²) < 4.78 is 13.1. The van der Waals surface area contributed by atoms with Crippen LogP contribution in [-0.4, -0.2) is 44.1 Å². The van der Waals surface area contributed by atoms with Gasteiger partial charge in [-0.1, -0.05) is 25.0 Å². The van der Waals surface area contributed by atoms with Gasteiger partial charge < -0.3 is 15.5 Å². The van der Waals surface area contributed by atoms with Gasteiger partial charge in [-0.3, -0.25) is 4.99 Å². The fourth-order valence-corrected chi connectivity index (χ4v) is 2.92. The van der Waals surface area contributed by atoms with Gasteiger partial charge in [-0.25, -0.2) is 4.39 Å². The molecule has 0 amide bonds. The number of halogens is 2. The van der Waals surface area contributed by atoms with E-state index in [2.05, 4.69) is 20.5 Å². The number of nitrogens with one attached hydrogen (secondary N) is 2. The molecule has 0 radical (unpaired) electrons. The van der Waals surface area contributed by atoms with Crippen LogP contribution >= 0.6 is 24.0 Å². The molecular formula is C18H30FIN4. The smallest absolute Gasteiger partial charge is 0.191 e.